The Morgan fingerprint density at radius 3 is 2.23 bits per heavy atom. The van der Waals surface area contributed by atoms with Gasteiger partial charge in [-0.15, -0.1) is 0 Å². The summed E-state index contributed by atoms with van der Waals surface area (Å²) in [5, 5.41) is 2.60. The maximum atomic E-state index is 12.5. The molecule has 136 valence electrons. The third-order valence-corrected chi connectivity index (χ3v) is 5.95. The maximum absolute atomic E-state index is 12.5. The van der Waals surface area contributed by atoms with Gasteiger partial charge in [0.15, 0.2) is 0 Å². The lowest BCUT2D eigenvalue weighted by atomic mass is 9.85. The van der Waals surface area contributed by atoms with Crippen LogP contribution in [0.1, 0.15) is 6.42 Å². The fourth-order valence-electron chi connectivity index (χ4n) is 4.18. The number of anilines is 1. The molecule has 5 nitrogen and oxygen atoms in total. The first-order valence-corrected chi connectivity index (χ1v) is 9.20. The monoisotopic (exact) mass is 378 g/mol. The normalized spacial score (nSPS) is 29.0. The Balaban J connectivity index is 1.38. The molecule has 2 fully saturated rings. The molecule has 1 saturated carbocycles. The van der Waals surface area contributed by atoms with Crippen LogP contribution in [0.3, 0.4) is 0 Å². The van der Waals surface area contributed by atoms with Crippen LogP contribution in [0.15, 0.2) is 41.3 Å². The molecular formula is C18H16F2N2O3S. The summed E-state index contributed by atoms with van der Waals surface area (Å²) in [7, 11) is 0. The number of carbonyl (C=O) groups is 3. The van der Waals surface area contributed by atoms with E-state index in [1.807, 2.05) is 12.2 Å². The first-order valence-electron chi connectivity index (χ1n) is 8.32. The fraction of sp³-hybridized carbons (Fsp3) is 0.389. The lowest BCUT2D eigenvalue weighted by Gasteiger charge is -2.16. The van der Waals surface area contributed by atoms with E-state index in [1.54, 1.807) is 0 Å². The lowest BCUT2D eigenvalue weighted by molar-refractivity contribution is -0.143. The van der Waals surface area contributed by atoms with Gasteiger partial charge in [0, 0.05) is 10.6 Å². The smallest absolute Gasteiger partial charge is 0.288 e. The molecule has 4 atom stereocenters. The average Bonchev–Trinajstić information content (AvgIpc) is 3.26. The molecule has 26 heavy (non-hydrogen) atoms. The molecule has 1 saturated heterocycles. The van der Waals surface area contributed by atoms with Crippen molar-refractivity contribution in [2.45, 2.75) is 17.1 Å². The van der Waals surface area contributed by atoms with Gasteiger partial charge in [-0.05, 0) is 42.5 Å². The number of carbonyl (C=O) groups excluding carboxylic acids is 3. The second-order valence-corrected chi connectivity index (χ2v) is 7.78. The topological polar surface area (TPSA) is 66.5 Å². The van der Waals surface area contributed by atoms with Crippen molar-refractivity contribution in [1.29, 1.82) is 0 Å². The molecule has 3 aliphatic rings. The Bertz CT molecular complexity index is 766. The van der Waals surface area contributed by atoms with Crippen molar-refractivity contribution in [1.82, 2.24) is 4.90 Å². The van der Waals surface area contributed by atoms with Crippen LogP contribution in [-0.4, -0.2) is 34.9 Å². The number of hydrogen-bond donors (Lipinski definition) is 1. The SMILES string of the molecule is O=C(CN1C(=O)C2C3C=CC(C3)C2C1=O)Nc1ccc(SC(F)F)cc1. The van der Waals surface area contributed by atoms with Crippen LogP contribution in [0, 0.1) is 23.7 Å². The predicted octanol–water partition coefficient (Wildman–Crippen LogP) is 2.75. The second kappa shape index (κ2) is 6.50. The van der Waals surface area contributed by atoms with Crippen LogP contribution in [0.4, 0.5) is 14.5 Å². The fourth-order valence-corrected chi connectivity index (χ4v) is 4.68. The highest BCUT2D eigenvalue weighted by Gasteiger charge is 2.59. The zero-order valence-corrected chi connectivity index (χ0v) is 14.4. The van der Waals surface area contributed by atoms with Gasteiger partial charge in [-0.1, -0.05) is 23.9 Å². The van der Waals surface area contributed by atoms with Crippen molar-refractivity contribution < 1.29 is 23.2 Å². The molecule has 3 amide bonds. The van der Waals surface area contributed by atoms with Crippen molar-refractivity contribution in [2.75, 3.05) is 11.9 Å². The highest BCUT2D eigenvalue weighted by molar-refractivity contribution is 7.99. The minimum Gasteiger partial charge on any atom is -0.325 e. The van der Waals surface area contributed by atoms with Gasteiger partial charge in [-0.3, -0.25) is 19.3 Å². The van der Waals surface area contributed by atoms with Crippen molar-refractivity contribution in [3.05, 3.63) is 36.4 Å². The van der Waals surface area contributed by atoms with E-state index in [0.29, 0.717) is 22.3 Å². The molecule has 0 aromatic heterocycles. The van der Waals surface area contributed by atoms with E-state index >= 15 is 0 Å². The molecule has 2 aliphatic carbocycles. The van der Waals surface area contributed by atoms with Crippen LogP contribution in [-0.2, 0) is 14.4 Å². The van der Waals surface area contributed by atoms with Gasteiger partial charge in [0.1, 0.15) is 6.54 Å². The number of benzene rings is 1. The van der Waals surface area contributed by atoms with Crippen molar-refractivity contribution in [2.24, 2.45) is 23.7 Å². The van der Waals surface area contributed by atoms with E-state index < -0.39 is 11.7 Å². The lowest BCUT2D eigenvalue weighted by Crippen LogP contribution is -2.39. The van der Waals surface area contributed by atoms with E-state index in [1.165, 1.54) is 24.3 Å². The van der Waals surface area contributed by atoms with Gasteiger partial charge in [-0.2, -0.15) is 8.78 Å². The summed E-state index contributed by atoms with van der Waals surface area (Å²) in [4.78, 5) is 38.7. The summed E-state index contributed by atoms with van der Waals surface area (Å²) >= 11 is 0.419. The van der Waals surface area contributed by atoms with Crippen molar-refractivity contribution in [3.8, 4) is 0 Å². The number of alkyl halides is 2. The van der Waals surface area contributed by atoms with Gasteiger partial charge in [0.2, 0.25) is 17.7 Å². The van der Waals surface area contributed by atoms with Gasteiger partial charge in [0.25, 0.3) is 5.76 Å². The summed E-state index contributed by atoms with van der Waals surface area (Å²) in [6, 6.07) is 5.98. The Labute approximate surface area is 152 Å². The molecule has 1 aromatic rings. The first-order chi connectivity index (χ1) is 12.4. The van der Waals surface area contributed by atoms with E-state index in [0.717, 1.165) is 11.3 Å². The molecule has 1 heterocycles. The molecular weight excluding hydrogens is 362 g/mol. The number of likely N-dealkylation sites (tertiary alicyclic amines) is 1. The van der Waals surface area contributed by atoms with Crippen molar-refractivity contribution in [3.63, 3.8) is 0 Å². The molecule has 2 bridgehead atoms. The molecule has 4 unspecified atom stereocenters. The average molecular weight is 378 g/mol. The van der Waals surface area contributed by atoms with Gasteiger partial charge >= 0.3 is 0 Å². The summed E-state index contributed by atoms with van der Waals surface area (Å²) < 4.78 is 24.6. The number of rotatable bonds is 5. The van der Waals surface area contributed by atoms with Crippen LogP contribution in [0.5, 0.6) is 0 Å². The molecule has 8 heteroatoms. The number of imide groups is 1. The first kappa shape index (κ1) is 17.2. The van der Waals surface area contributed by atoms with Crippen LogP contribution >= 0.6 is 11.8 Å². The standard InChI is InChI=1S/C18H16F2N2O3S/c19-18(20)26-12-5-3-11(4-6-12)21-13(23)8-22-16(24)14-9-1-2-10(7-9)15(14)17(22)25/h1-6,9-10,14-15,18H,7-8H2,(H,21,23). The largest absolute Gasteiger partial charge is 0.325 e. The van der Waals surface area contributed by atoms with Crippen molar-refractivity contribution >= 4 is 35.2 Å². The Hall–Kier alpha value is -2.22. The van der Waals surface area contributed by atoms with E-state index in [-0.39, 0.29) is 42.0 Å². The number of hydrogen-bond acceptors (Lipinski definition) is 4. The number of nitrogens with one attached hydrogen (secondary N) is 1. The van der Waals surface area contributed by atoms with Crippen LogP contribution < -0.4 is 5.32 Å². The minimum atomic E-state index is -2.51. The molecule has 1 aromatic carbocycles. The predicted molar refractivity (Wildman–Crippen MR) is 91.4 cm³/mol. The molecule has 4 rings (SSSR count). The third-order valence-electron chi connectivity index (χ3n) is 5.23. The Morgan fingerprint density at radius 2 is 1.69 bits per heavy atom. The minimum absolute atomic E-state index is 0.106. The Morgan fingerprint density at radius 1 is 1.12 bits per heavy atom. The zero-order valence-electron chi connectivity index (χ0n) is 13.6. The summed E-state index contributed by atoms with van der Waals surface area (Å²) in [6.07, 6.45) is 4.84. The molecule has 1 N–H and O–H groups in total. The van der Waals surface area contributed by atoms with Crippen LogP contribution in [0.2, 0.25) is 0 Å². The number of thioether (sulfide) groups is 1. The quantitative estimate of drug-likeness (QED) is 0.486. The highest BCUT2D eigenvalue weighted by atomic mass is 32.2. The highest BCUT2D eigenvalue weighted by Crippen LogP contribution is 2.52. The zero-order chi connectivity index (χ0) is 18.4. The number of halogens is 2. The van der Waals surface area contributed by atoms with E-state index in [4.69, 9.17) is 0 Å². The second-order valence-electron chi connectivity index (χ2n) is 6.71. The number of amides is 3. The number of fused-ring (bicyclic) bond motifs is 5. The molecule has 0 spiro atoms. The summed E-state index contributed by atoms with van der Waals surface area (Å²) in [5.74, 6) is -3.96. The van der Waals surface area contributed by atoms with E-state index in [2.05, 4.69) is 5.32 Å². The summed E-state index contributed by atoms with van der Waals surface area (Å²) in [5.41, 5.74) is 0.426. The third kappa shape index (κ3) is 2.92. The van der Waals surface area contributed by atoms with Gasteiger partial charge in [-0.25, -0.2) is 0 Å². The Kier molecular flexibility index (Phi) is 4.30. The molecule has 0 radical (unpaired) electrons. The van der Waals surface area contributed by atoms with Crippen LogP contribution in [0.25, 0.3) is 0 Å². The van der Waals surface area contributed by atoms with Gasteiger partial charge in [0.05, 0.1) is 11.8 Å². The summed E-state index contributed by atoms with van der Waals surface area (Å²) in [6.45, 7) is -0.322. The number of allylic oxidation sites excluding steroid dienone is 2. The number of nitrogens with zero attached hydrogens (tertiary/aromatic N) is 1. The van der Waals surface area contributed by atoms with E-state index in [9.17, 15) is 23.2 Å². The van der Waals surface area contributed by atoms with Gasteiger partial charge < -0.3 is 5.32 Å². The maximum Gasteiger partial charge on any atom is 0.288 e. The molecule has 1 aliphatic heterocycles.